The number of benzene rings is 2. The molecule has 2 aromatic carbocycles. The van der Waals surface area contributed by atoms with E-state index in [4.69, 9.17) is 17.0 Å². The first-order chi connectivity index (χ1) is 10.4. The molecule has 0 bridgehead atoms. The van der Waals surface area contributed by atoms with Crippen LogP contribution in [0.3, 0.4) is 0 Å². The zero-order valence-corrected chi connectivity index (χ0v) is 15.4. The molecule has 1 atom stereocenters. The largest absolute Gasteiger partial charge is 0.496 e. The molecule has 1 N–H and O–H groups in total. The Bertz CT molecular complexity index is 637. The van der Waals surface area contributed by atoms with Crippen LogP contribution < -0.4 is 10.1 Å². The third-order valence-corrected chi connectivity index (χ3v) is 6.17. The fourth-order valence-corrected chi connectivity index (χ4v) is 4.65. The number of methoxy groups -OCH3 is 1. The van der Waals surface area contributed by atoms with Crippen LogP contribution >= 0.6 is 12.2 Å². The third kappa shape index (κ3) is 3.96. The first-order valence-electron chi connectivity index (χ1n) is 7.42. The number of ether oxygens (including phenoxy) is 1. The van der Waals surface area contributed by atoms with Crippen molar-refractivity contribution in [2.75, 3.05) is 7.11 Å². The van der Waals surface area contributed by atoms with E-state index in [0.29, 0.717) is 0 Å². The lowest BCUT2D eigenvalue weighted by atomic mass is 10.2. The van der Waals surface area contributed by atoms with Crippen molar-refractivity contribution in [3.8, 4) is 5.75 Å². The molecule has 2 rings (SSSR count). The Morgan fingerprint density at radius 2 is 1.59 bits per heavy atom. The normalized spacial score (nSPS) is 12.5. The summed E-state index contributed by atoms with van der Waals surface area (Å²) in [6.45, 7) is 7.05. The Morgan fingerprint density at radius 1 is 1.00 bits per heavy atom. The topological polar surface area (TPSA) is 21.3 Å². The maximum atomic E-state index is 5.65. The van der Waals surface area contributed by atoms with Crippen molar-refractivity contribution in [1.82, 2.24) is 5.32 Å². The molecule has 0 heterocycles. The number of hydrogen-bond donors (Lipinski definition) is 1. The number of para-hydroxylation sites is 1. The lowest BCUT2D eigenvalue weighted by Crippen LogP contribution is -2.43. The average Bonchev–Trinajstić information content (AvgIpc) is 2.52. The van der Waals surface area contributed by atoms with Gasteiger partial charge in [-0.15, -0.1) is 0 Å². The summed E-state index contributed by atoms with van der Waals surface area (Å²) in [7, 11) is 0.185. The second kappa shape index (κ2) is 7.07. The molecule has 0 aliphatic rings. The predicted octanol–water partition coefficient (Wildman–Crippen LogP) is 4.58. The minimum Gasteiger partial charge on any atom is -0.496 e. The molecule has 116 valence electrons. The summed E-state index contributed by atoms with van der Waals surface area (Å²) in [6, 6.07) is 18.4. The van der Waals surface area contributed by atoms with Crippen LogP contribution in [0.4, 0.5) is 0 Å². The van der Waals surface area contributed by atoms with Gasteiger partial charge in [0.2, 0.25) is 0 Å². The SMILES string of the molecule is COc1ccccc1C(=S)NC(c1ccccc1)[Si](C)(C)C. The Hall–Kier alpha value is -1.65. The van der Waals surface area contributed by atoms with Gasteiger partial charge in [-0.3, -0.25) is 0 Å². The molecule has 0 fully saturated rings. The van der Waals surface area contributed by atoms with Gasteiger partial charge in [-0.05, 0) is 17.7 Å². The molecular formula is C18H23NOSSi. The molecule has 0 aromatic heterocycles. The lowest BCUT2D eigenvalue weighted by Gasteiger charge is -2.31. The fourth-order valence-electron chi connectivity index (χ4n) is 2.49. The van der Waals surface area contributed by atoms with E-state index in [1.165, 1.54) is 5.56 Å². The van der Waals surface area contributed by atoms with Crippen LogP contribution in [0.25, 0.3) is 0 Å². The van der Waals surface area contributed by atoms with Crippen LogP contribution in [0.1, 0.15) is 16.8 Å². The molecular weight excluding hydrogens is 306 g/mol. The molecule has 2 nitrogen and oxygen atoms in total. The first-order valence-corrected chi connectivity index (χ1v) is 11.4. The highest BCUT2D eigenvalue weighted by molar-refractivity contribution is 7.80. The first kappa shape index (κ1) is 16.7. The molecule has 0 aliphatic heterocycles. The average molecular weight is 330 g/mol. The van der Waals surface area contributed by atoms with E-state index in [0.717, 1.165) is 16.3 Å². The summed E-state index contributed by atoms with van der Waals surface area (Å²) < 4.78 is 5.42. The smallest absolute Gasteiger partial charge is 0.129 e. The van der Waals surface area contributed by atoms with Crippen molar-refractivity contribution in [2.45, 2.75) is 25.3 Å². The Kier molecular flexibility index (Phi) is 5.37. The Labute approximate surface area is 139 Å². The molecule has 2 aromatic rings. The van der Waals surface area contributed by atoms with Gasteiger partial charge in [0, 0.05) is 5.67 Å². The van der Waals surface area contributed by atoms with Gasteiger partial charge < -0.3 is 10.1 Å². The molecule has 0 saturated carbocycles. The van der Waals surface area contributed by atoms with Crippen LogP contribution in [0.15, 0.2) is 54.6 Å². The number of nitrogens with one attached hydrogen (secondary N) is 1. The van der Waals surface area contributed by atoms with Crippen molar-refractivity contribution in [1.29, 1.82) is 0 Å². The van der Waals surface area contributed by atoms with Gasteiger partial charge in [0.15, 0.2) is 0 Å². The Balaban J connectivity index is 2.30. The maximum Gasteiger partial charge on any atom is 0.129 e. The van der Waals surface area contributed by atoms with E-state index >= 15 is 0 Å². The zero-order valence-electron chi connectivity index (χ0n) is 13.6. The summed E-state index contributed by atoms with van der Waals surface area (Å²) >= 11 is 5.65. The monoisotopic (exact) mass is 329 g/mol. The number of rotatable bonds is 5. The van der Waals surface area contributed by atoms with Crippen LogP contribution in [0.5, 0.6) is 5.75 Å². The lowest BCUT2D eigenvalue weighted by molar-refractivity contribution is 0.414. The predicted molar refractivity (Wildman–Crippen MR) is 100 cm³/mol. The van der Waals surface area contributed by atoms with Crippen molar-refractivity contribution in [2.24, 2.45) is 0 Å². The summed E-state index contributed by atoms with van der Waals surface area (Å²) in [5.41, 5.74) is 2.50. The Morgan fingerprint density at radius 3 is 2.18 bits per heavy atom. The van der Waals surface area contributed by atoms with E-state index in [1.807, 2.05) is 30.3 Å². The van der Waals surface area contributed by atoms with Crippen LogP contribution in [-0.4, -0.2) is 20.2 Å². The highest BCUT2D eigenvalue weighted by Crippen LogP contribution is 2.26. The minimum atomic E-state index is -1.49. The van der Waals surface area contributed by atoms with E-state index in [2.05, 4.69) is 49.2 Å². The van der Waals surface area contributed by atoms with Crippen molar-refractivity contribution < 1.29 is 4.74 Å². The van der Waals surface area contributed by atoms with Crippen LogP contribution in [0.2, 0.25) is 19.6 Å². The van der Waals surface area contributed by atoms with Gasteiger partial charge in [-0.25, -0.2) is 0 Å². The molecule has 1 unspecified atom stereocenters. The number of hydrogen-bond acceptors (Lipinski definition) is 2. The van der Waals surface area contributed by atoms with E-state index in [9.17, 15) is 0 Å². The second-order valence-corrected chi connectivity index (χ2v) is 12.1. The van der Waals surface area contributed by atoms with E-state index in [1.54, 1.807) is 7.11 Å². The van der Waals surface area contributed by atoms with Gasteiger partial charge >= 0.3 is 0 Å². The molecule has 22 heavy (non-hydrogen) atoms. The quantitative estimate of drug-likeness (QED) is 0.641. The molecule has 0 radical (unpaired) electrons. The highest BCUT2D eigenvalue weighted by Gasteiger charge is 2.29. The fraction of sp³-hybridized carbons (Fsp3) is 0.278. The van der Waals surface area contributed by atoms with Gasteiger partial charge in [0.25, 0.3) is 0 Å². The summed E-state index contributed by atoms with van der Waals surface area (Å²) in [5, 5.41) is 3.58. The standard InChI is InChI=1S/C18H23NOSSi/c1-20-16-13-9-8-12-15(16)17(21)19-18(22(2,3)4)14-10-6-5-7-11-14/h5-13,18H,1-4H3,(H,19,21). The number of thiocarbonyl (C=S) groups is 1. The minimum absolute atomic E-state index is 0.270. The van der Waals surface area contributed by atoms with Crippen LogP contribution in [-0.2, 0) is 0 Å². The van der Waals surface area contributed by atoms with E-state index < -0.39 is 8.07 Å². The molecule has 0 aliphatic carbocycles. The van der Waals surface area contributed by atoms with Crippen molar-refractivity contribution in [3.05, 3.63) is 65.7 Å². The molecule has 0 saturated heterocycles. The zero-order chi connectivity index (χ0) is 16.2. The van der Waals surface area contributed by atoms with Gasteiger partial charge in [-0.2, -0.15) is 0 Å². The van der Waals surface area contributed by atoms with Gasteiger partial charge in [0.1, 0.15) is 10.7 Å². The molecule has 4 heteroatoms. The van der Waals surface area contributed by atoms with Crippen LogP contribution in [0, 0.1) is 0 Å². The van der Waals surface area contributed by atoms with E-state index in [-0.39, 0.29) is 5.67 Å². The summed E-state index contributed by atoms with van der Waals surface area (Å²) in [6.07, 6.45) is 0. The highest BCUT2D eigenvalue weighted by atomic mass is 32.1. The maximum absolute atomic E-state index is 5.65. The van der Waals surface area contributed by atoms with Gasteiger partial charge in [-0.1, -0.05) is 74.3 Å². The van der Waals surface area contributed by atoms with Crippen molar-refractivity contribution in [3.63, 3.8) is 0 Å². The summed E-state index contributed by atoms with van der Waals surface area (Å²) in [4.78, 5) is 0.744. The third-order valence-electron chi connectivity index (χ3n) is 3.63. The van der Waals surface area contributed by atoms with Gasteiger partial charge in [0.05, 0.1) is 20.7 Å². The second-order valence-electron chi connectivity index (χ2n) is 6.38. The summed E-state index contributed by atoms with van der Waals surface area (Å²) in [5.74, 6) is 0.808. The molecule has 0 spiro atoms. The van der Waals surface area contributed by atoms with Crippen molar-refractivity contribution >= 4 is 25.3 Å². The molecule has 0 amide bonds.